The number of hydrogen-bond donors (Lipinski definition) is 4. The molecule has 0 saturated heterocycles. The van der Waals surface area contributed by atoms with E-state index in [2.05, 4.69) is 42.7 Å². The zero-order valence-corrected chi connectivity index (χ0v) is 29.0. The van der Waals surface area contributed by atoms with Crippen LogP contribution >= 0.6 is 0 Å². The van der Waals surface area contributed by atoms with Gasteiger partial charge >= 0.3 is 6.09 Å². The van der Waals surface area contributed by atoms with Crippen molar-refractivity contribution in [1.82, 2.24) is 5.32 Å². The van der Waals surface area contributed by atoms with Crippen LogP contribution in [0.5, 0.6) is 0 Å². The first-order valence-electron chi connectivity index (χ1n) is 16.7. The summed E-state index contributed by atoms with van der Waals surface area (Å²) in [6.07, 6.45) is 17.5. The van der Waals surface area contributed by atoms with Crippen LogP contribution in [0.4, 0.5) is 4.79 Å². The number of rotatable bonds is 16. The maximum atomic E-state index is 12.0. The predicted octanol–water partition coefficient (Wildman–Crippen LogP) is 8.53. The molecule has 3 rings (SSSR count). The van der Waals surface area contributed by atoms with Crippen LogP contribution in [0.3, 0.4) is 0 Å². The zero-order valence-electron chi connectivity index (χ0n) is 29.0. The minimum Gasteiger partial charge on any atom is -0.449 e. The molecule has 0 atom stereocenters. The van der Waals surface area contributed by atoms with Crippen molar-refractivity contribution in [2.75, 3.05) is 33.0 Å². The highest BCUT2D eigenvalue weighted by Crippen LogP contribution is 2.44. The van der Waals surface area contributed by atoms with E-state index >= 15 is 0 Å². The molecule has 1 amide bonds. The van der Waals surface area contributed by atoms with Crippen LogP contribution in [0.25, 0.3) is 11.1 Å². The predicted molar refractivity (Wildman–Crippen MR) is 197 cm³/mol. The number of carbonyl (C=O) groups excluding carboxylic acids is 1. The SMILES string of the molecule is C=CCC#N.C=CCCCO.CC.N#CCC=CCCCO.O=C(NCCC=CCCCO)OCC1c2ccccc2-c2ccccc21. The van der Waals surface area contributed by atoms with E-state index in [4.69, 9.17) is 30.6 Å². The number of carbonyl (C=O) groups is 1. The summed E-state index contributed by atoms with van der Waals surface area (Å²) in [6.45, 7) is 12.4. The summed E-state index contributed by atoms with van der Waals surface area (Å²) in [7, 11) is 0. The Labute approximate surface area is 289 Å². The van der Waals surface area contributed by atoms with Crippen LogP contribution in [0.1, 0.15) is 88.7 Å². The lowest BCUT2D eigenvalue weighted by atomic mass is 9.98. The summed E-state index contributed by atoms with van der Waals surface area (Å²) in [5.41, 5.74) is 4.89. The van der Waals surface area contributed by atoms with Crippen LogP contribution in [-0.4, -0.2) is 54.4 Å². The molecule has 0 saturated carbocycles. The number of nitrogens with zero attached hydrogens (tertiary/aromatic N) is 2. The molecule has 0 aromatic heterocycles. The van der Waals surface area contributed by atoms with Gasteiger partial charge in [-0.3, -0.25) is 0 Å². The Bertz CT molecular complexity index is 1200. The molecule has 262 valence electrons. The van der Waals surface area contributed by atoms with Crippen molar-refractivity contribution in [2.24, 2.45) is 0 Å². The molecular weight excluding hydrogens is 602 g/mol. The van der Waals surface area contributed by atoms with E-state index in [1.54, 1.807) is 12.2 Å². The standard InChI is InChI=1S/C22H25NO3.C7H11NO.C5H10O.C4H5N.C2H6/c24-15-9-3-1-2-8-14-23-22(25)26-16-21-19-12-6-4-10-17(19)18-11-5-7-13-20(18)21;8-6-4-2-1-3-5-7-9;1-2-3-4-5-6;1-2-3-4-5;1-2/h1-2,4-7,10-13,21,24H,3,8-9,14-16H2,(H,23,25);1-2,9H,3-5,7H2;2,6H,1,3-5H2;2H,1,3H2;1-2H3. The second-order valence-corrected chi connectivity index (χ2v) is 9.88. The van der Waals surface area contributed by atoms with Gasteiger partial charge in [0.15, 0.2) is 0 Å². The lowest BCUT2D eigenvalue weighted by Gasteiger charge is -2.14. The van der Waals surface area contributed by atoms with Gasteiger partial charge in [-0.25, -0.2) is 4.79 Å². The van der Waals surface area contributed by atoms with Crippen molar-refractivity contribution in [1.29, 1.82) is 10.5 Å². The Kier molecular flexibility index (Phi) is 33.7. The zero-order chi connectivity index (χ0) is 36.1. The number of benzene rings is 2. The van der Waals surface area contributed by atoms with Gasteiger partial charge in [-0.15, -0.1) is 13.2 Å². The fourth-order valence-electron chi connectivity index (χ4n) is 4.12. The number of nitrogens with one attached hydrogen (secondary N) is 1. The summed E-state index contributed by atoms with van der Waals surface area (Å²) in [5.74, 6) is 0.0894. The van der Waals surface area contributed by atoms with E-state index in [-0.39, 0.29) is 31.8 Å². The average molecular weight is 660 g/mol. The van der Waals surface area contributed by atoms with Gasteiger partial charge in [0.25, 0.3) is 0 Å². The first-order chi connectivity index (χ1) is 23.6. The molecule has 0 unspecified atom stereocenters. The number of ether oxygens (including phenoxy) is 1. The summed E-state index contributed by atoms with van der Waals surface area (Å²) < 4.78 is 5.48. The number of fused-ring (bicyclic) bond motifs is 3. The molecule has 8 heteroatoms. The van der Waals surface area contributed by atoms with E-state index in [1.165, 1.54) is 22.3 Å². The fourth-order valence-corrected chi connectivity index (χ4v) is 4.12. The van der Waals surface area contributed by atoms with Crippen molar-refractivity contribution in [3.05, 3.63) is 109 Å². The third-order valence-corrected chi connectivity index (χ3v) is 6.33. The second kappa shape index (κ2) is 35.4. The Morgan fingerprint density at radius 1 is 0.750 bits per heavy atom. The van der Waals surface area contributed by atoms with Crippen molar-refractivity contribution in [2.45, 2.75) is 77.6 Å². The van der Waals surface area contributed by atoms with Crippen LogP contribution in [0.2, 0.25) is 0 Å². The molecule has 2 aromatic carbocycles. The van der Waals surface area contributed by atoms with E-state index < -0.39 is 0 Å². The number of aliphatic hydroxyl groups is 3. The Balaban J connectivity index is 0. The van der Waals surface area contributed by atoms with Crippen molar-refractivity contribution < 1.29 is 24.9 Å². The smallest absolute Gasteiger partial charge is 0.407 e. The lowest BCUT2D eigenvalue weighted by molar-refractivity contribution is 0.143. The van der Waals surface area contributed by atoms with Crippen LogP contribution in [0.15, 0.2) is 98.1 Å². The second-order valence-electron chi connectivity index (χ2n) is 9.88. The summed E-state index contributed by atoms with van der Waals surface area (Å²) >= 11 is 0. The quantitative estimate of drug-likeness (QED) is 0.104. The number of unbranched alkanes of at least 4 members (excludes halogenated alkanes) is 3. The molecule has 0 aliphatic heterocycles. The molecule has 0 heterocycles. The van der Waals surface area contributed by atoms with Crippen molar-refractivity contribution in [3.8, 4) is 23.3 Å². The summed E-state index contributed by atoms with van der Waals surface area (Å²) in [6, 6.07) is 20.5. The summed E-state index contributed by atoms with van der Waals surface area (Å²) in [4.78, 5) is 12.0. The van der Waals surface area contributed by atoms with Crippen LogP contribution in [0, 0.1) is 22.7 Å². The van der Waals surface area contributed by atoms with E-state index in [0.717, 1.165) is 44.9 Å². The topological polar surface area (TPSA) is 147 Å². The van der Waals surface area contributed by atoms with Crippen molar-refractivity contribution >= 4 is 6.09 Å². The number of amides is 1. The minimum atomic E-state index is -0.379. The molecular formula is C40H57N3O5. The fraction of sp³-hybridized carbons (Fsp3) is 0.425. The number of allylic oxidation sites excluding steroid dienone is 5. The van der Waals surface area contributed by atoms with Gasteiger partial charge < -0.3 is 25.4 Å². The lowest BCUT2D eigenvalue weighted by Crippen LogP contribution is -2.26. The van der Waals surface area contributed by atoms with E-state index in [1.807, 2.05) is 74.6 Å². The van der Waals surface area contributed by atoms with Crippen LogP contribution in [-0.2, 0) is 4.74 Å². The highest BCUT2D eigenvalue weighted by Gasteiger charge is 2.28. The molecule has 2 aromatic rings. The van der Waals surface area contributed by atoms with Gasteiger partial charge in [-0.05, 0) is 67.2 Å². The van der Waals surface area contributed by atoms with Gasteiger partial charge in [-0.2, -0.15) is 10.5 Å². The minimum absolute atomic E-state index is 0.0894. The van der Waals surface area contributed by atoms with Gasteiger partial charge in [0.1, 0.15) is 6.61 Å². The van der Waals surface area contributed by atoms with Gasteiger partial charge in [0.2, 0.25) is 0 Å². The van der Waals surface area contributed by atoms with Crippen LogP contribution < -0.4 is 5.32 Å². The average Bonchev–Trinajstić information content (AvgIpc) is 3.45. The number of alkyl carbamates (subject to hydrolysis) is 1. The monoisotopic (exact) mass is 659 g/mol. The first-order valence-corrected chi connectivity index (χ1v) is 16.7. The van der Waals surface area contributed by atoms with E-state index in [0.29, 0.717) is 26.0 Å². The number of hydrogen-bond acceptors (Lipinski definition) is 7. The maximum Gasteiger partial charge on any atom is 0.407 e. The molecule has 0 fully saturated rings. The summed E-state index contributed by atoms with van der Waals surface area (Å²) in [5, 5.41) is 43.8. The Morgan fingerprint density at radius 2 is 1.23 bits per heavy atom. The molecule has 8 nitrogen and oxygen atoms in total. The van der Waals surface area contributed by atoms with Gasteiger partial charge in [0.05, 0.1) is 25.0 Å². The molecule has 0 spiro atoms. The molecule has 1 aliphatic carbocycles. The number of aliphatic hydroxyl groups excluding tert-OH is 3. The van der Waals surface area contributed by atoms with Gasteiger partial charge in [0, 0.05) is 32.3 Å². The van der Waals surface area contributed by atoms with Crippen molar-refractivity contribution in [3.63, 3.8) is 0 Å². The largest absolute Gasteiger partial charge is 0.449 e. The number of nitriles is 2. The molecule has 48 heavy (non-hydrogen) atoms. The normalized spacial score (nSPS) is 10.5. The maximum absolute atomic E-state index is 12.0. The molecule has 0 bridgehead atoms. The first kappa shape index (κ1) is 45.7. The van der Waals surface area contributed by atoms with E-state index in [9.17, 15) is 4.79 Å². The Morgan fingerprint density at radius 3 is 1.67 bits per heavy atom. The molecule has 4 N–H and O–H groups in total. The highest BCUT2D eigenvalue weighted by atomic mass is 16.5. The Hall–Kier alpha value is -4.47. The molecule has 0 radical (unpaired) electrons. The third-order valence-electron chi connectivity index (χ3n) is 6.33. The van der Waals surface area contributed by atoms with Gasteiger partial charge in [-0.1, -0.05) is 98.8 Å². The molecule has 1 aliphatic rings. The highest BCUT2D eigenvalue weighted by molar-refractivity contribution is 5.79. The third kappa shape index (κ3) is 22.9.